The minimum atomic E-state index is -0.505. The zero-order chi connectivity index (χ0) is 18.8. The van der Waals surface area contributed by atoms with Gasteiger partial charge < -0.3 is 5.32 Å². The number of aromatic amines is 1. The Morgan fingerprint density at radius 2 is 1.77 bits per heavy atom. The van der Waals surface area contributed by atoms with Gasteiger partial charge in [0.2, 0.25) is 5.95 Å². The van der Waals surface area contributed by atoms with Crippen LogP contribution in [0.2, 0.25) is 5.02 Å². The summed E-state index contributed by atoms with van der Waals surface area (Å²) in [5.74, 6) is 0.214. The van der Waals surface area contributed by atoms with Crippen LogP contribution < -0.4 is 22.1 Å². The molecular formula is C16H15ClN6O3. The van der Waals surface area contributed by atoms with Gasteiger partial charge >= 0.3 is 5.69 Å². The molecule has 26 heavy (non-hydrogen) atoms. The predicted octanol–water partition coefficient (Wildman–Crippen LogP) is 0.550. The van der Waals surface area contributed by atoms with Gasteiger partial charge in [0.05, 0.1) is 0 Å². The summed E-state index contributed by atoms with van der Waals surface area (Å²) in [7, 11) is 2.87. The molecule has 0 aliphatic rings. The molecule has 134 valence electrons. The van der Waals surface area contributed by atoms with Crippen LogP contribution in [0.5, 0.6) is 0 Å². The second-order valence-electron chi connectivity index (χ2n) is 5.65. The Morgan fingerprint density at radius 1 is 1.08 bits per heavy atom. The minimum absolute atomic E-state index is 0.0260. The maximum absolute atomic E-state index is 12.2. The molecule has 0 saturated heterocycles. The van der Waals surface area contributed by atoms with E-state index in [4.69, 9.17) is 11.6 Å². The summed E-state index contributed by atoms with van der Waals surface area (Å²) in [5, 5.41) is 11.2. The van der Waals surface area contributed by atoms with E-state index in [-0.39, 0.29) is 17.5 Å². The third-order valence-electron chi connectivity index (χ3n) is 3.82. The first-order chi connectivity index (χ1) is 12.3. The third kappa shape index (κ3) is 3.57. The smallest absolute Gasteiger partial charge is 0.310 e. The lowest BCUT2D eigenvalue weighted by Crippen LogP contribution is -2.37. The van der Waals surface area contributed by atoms with Crippen LogP contribution in [0.1, 0.15) is 11.3 Å². The number of anilines is 2. The van der Waals surface area contributed by atoms with E-state index in [1.165, 1.54) is 24.7 Å². The van der Waals surface area contributed by atoms with Crippen LogP contribution in [-0.4, -0.2) is 24.3 Å². The SMILES string of the molecule is Cn1c(Nc2nnc(Cc3ccc(Cl)cc3)c(=O)[nH]2)cc(=O)n(C)c1=O. The molecule has 0 bridgehead atoms. The molecule has 9 nitrogen and oxygen atoms in total. The van der Waals surface area contributed by atoms with Crippen molar-refractivity contribution >= 4 is 23.4 Å². The number of nitrogens with zero attached hydrogens (tertiary/aromatic N) is 4. The summed E-state index contributed by atoms with van der Waals surface area (Å²) >= 11 is 5.84. The fraction of sp³-hybridized carbons (Fsp3) is 0.188. The van der Waals surface area contributed by atoms with Crippen molar-refractivity contribution in [3.05, 3.63) is 77.8 Å². The van der Waals surface area contributed by atoms with Crippen LogP contribution in [0.15, 0.2) is 44.7 Å². The lowest BCUT2D eigenvalue weighted by molar-refractivity contribution is 0.691. The molecule has 0 spiro atoms. The monoisotopic (exact) mass is 374 g/mol. The van der Waals surface area contributed by atoms with Crippen molar-refractivity contribution in [3.8, 4) is 0 Å². The second-order valence-corrected chi connectivity index (χ2v) is 6.08. The molecule has 10 heteroatoms. The first-order valence-electron chi connectivity index (χ1n) is 7.59. The van der Waals surface area contributed by atoms with Crippen molar-refractivity contribution < 1.29 is 0 Å². The van der Waals surface area contributed by atoms with Gasteiger partial charge in [-0.25, -0.2) is 4.79 Å². The maximum atomic E-state index is 12.2. The lowest BCUT2D eigenvalue weighted by atomic mass is 10.1. The quantitative estimate of drug-likeness (QED) is 0.689. The molecule has 2 aromatic heterocycles. The van der Waals surface area contributed by atoms with E-state index in [0.717, 1.165) is 10.1 Å². The van der Waals surface area contributed by atoms with Gasteiger partial charge in [-0.2, -0.15) is 0 Å². The molecular weight excluding hydrogens is 360 g/mol. The molecule has 1 aromatic carbocycles. The highest BCUT2D eigenvalue weighted by molar-refractivity contribution is 6.30. The Labute approximate surface area is 151 Å². The highest BCUT2D eigenvalue weighted by atomic mass is 35.5. The zero-order valence-corrected chi connectivity index (χ0v) is 14.7. The van der Waals surface area contributed by atoms with Crippen molar-refractivity contribution in [1.29, 1.82) is 0 Å². The van der Waals surface area contributed by atoms with Crippen LogP contribution in [0, 0.1) is 0 Å². The highest BCUT2D eigenvalue weighted by Gasteiger charge is 2.10. The van der Waals surface area contributed by atoms with Crippen LogP contribution >= 0.6 is 11.6 Å². The fourth-order valence-corrected chi connectivity index (χ4v) is 2.43. The standard InChI is InChI=1S/C16H15ClN6O3/c1-22-12(8-13(24)23(2)16(22)26)18-15-19-14(25)11(20-21-15)7-9-3-5-10(17)6-4-9/h3-6,8H,7H2,1-2H3,(H2,18,19,21,25). The van der Waals surface area contributed by atoms with E-state index in [1.54, 1.807) is 24.3 Å². The Hall–Kier alpha value is -3.20. The molecule has 0 amide bonds. The van der Waals surface area contributed by atoms with Crippen LogP contribution in [-0.2, 0) is 20.5 Å². The van der Waals surface area contributed by atoms with Crippen LogP contribution in [0.3, 0.4) is 0 Å². The minimum Gasteiger partial charge on any atom is -0.310 e. The topological polar surface area (TPSA) is 115 Å². The van der Waals surface area contributed by atoms with Gasteiger partial charge in [0.15, 0.2) is 0 Å². The summed E-state index contributed by atoms with van der Waals surface area (Å²) in [4.78, 5) is 38.4. The molecule has 0 saturated carbocycles. The van der Waals surface area contributed by atoms with Crippen molar-refractivity contribution in [2.24, 2.45) is 14.1 Å². The first kappa shape index (κ1) is 17.6. The van der Waals surface area contributed by atoms with E-state index in [0.29, 0.717) is 11.4 Å². The van der Waals surface area contributed by atoms with Gasteiger partial charge in [0.25, 0.3) is 11.1 Å². The summed E-state index contributed by atoms with van der Waals surface area (Å²) in [6.07, 6.45) is 0.296. The van der Waals surface area contributed by atoms with Crippen molar-refractivity contribution in [2.45, 2.75) is 6.42 Å². The average molecular weight is 375 g/mol. The van der Waals surface area contributed by atoms with Crippen LogP contribution in [0.25, 0.3) is 0 Å². The van der Waals surface area contributed by atoms with Crippen LogP contribution in [0.4, 0.5) is 11.8 Å². The lowest BCUT2D eigenvalue weighted by Gasteiger charge is -2.10. The number of H-pyrrole nitrogens is 1. The normalized spacial score (nSPS) is 10.7. The largest absolute Gasteiger partial charge is 0.332 e. The summed E-state index contributed by atoms with van der Waals surface area (Å²) < 4.78 is 2.19. The number of nitrogens with one attached hydrogen (secondary N) is 2. The number of hydrogen-bond donors (Lipinski definition) is 2. The third-order valence-corrected chi connectivity index (χ3v) is 4.07. The van der Waals surface area contributed by atoms with Crippen molar-refractivity contribution in [2.75, 3.05) is 5.32 Å². The molecule has 0 aliphatic heterocycles. The Bertz CT molecular complexity index is 1130. The number of halogens is 1. The molecule has 0 radical (unpaired) electrons. The van der Waals surface area contributed by atoms with E-state index in [1.807, 2.05) is 0 Å². The second kappa shape index (κ2) is 6.96. The van der Waals surface area contributed by atoms with Crippen molar-refractivity contribution in [1.82, 2.24) is 24.3 Å². The Morgan fingerprint density at radius 3 is 2.42 bits per heavy atom. The van der Waals surface area contributed by atoms with Gasteiger partial charge in [-0.15, -0.1) is 10.2 Å². The highest BCUT2D eigenvalue weighted by Crippen LogP contribution is 2.11. The van der Waals surface area contributed by atoms with E-state index in [9.17, 15) is 14.4 Å². The van der Waals surface area contributed by atoms with Crippen molar-refractivity contribution in [3.63, 3.8) is 0 Å². The van der Waals surface area contributed by atoms with Gasteiger partial charge in [-0.05, 0) is 17.7 Å². The first-order valence-corrected chi connectivity index (χ1v) is 7.97. The maximum Gasteiger partial charge on any atom is 0.332 e. The fourth-order valence-electron chi connectivity index (χ4n) is 2.30. The molecule has 0 atom stereocenters. The molecule has 2 N–H and O–H groups in total. The van der Waals surface area contributed by atoms with E-state index >= 15 is 0 Å². The zero-order valence-electron chi connectivity index (χ0n) is 14.0. The number of aromatic nitrogens is 5. The molecule has 3 aromatic rings. The Kier molecular flexibility index (Phi) is 4.72. The molecule has 0 fully saturated rings. The van der Waals surface area contributed by atoms with E-state index < -0.39 is 16.8 Å². The van der Waals surface area contributed by atoms with Gasteiger partial charge in [-0.3, -0.25) is 23.7 Å². The number of rotatable bonds is 4. The Balaban J connectivity index is 1.87. The van der Waals surface area contributed by atoms with E-state index in [2.05, 4.69) is 20.5 Å². The molecule has 0 unspecified atom stereocenters. The molecule has 3 rings (SSSR count). The summed E-state index contributed by atoms with van der Waals surface area (Å²) in [6, 6.07) is 8.27. The van der Waals surface area contributed by atoms with Gasteiger partial charge in [0, 0.05) is 31.6 Å². The molecule has 2 heterocycles. The molecule has 0 aliphatic carbocycles. The predicted molar refractivity (Wildman–Crippen MR) is 97.1 cm³/mol. The van der Waals surface area contributed by atoms with Gasteiger partial charge in [0.1, 0.15) is 11.5 Å². The summed E-state index contributed by atoms with van der Waals surface area (Å²) in [6.45, 7) is 0. The number of hydrogen-bond acceptors (Lipinski definition) is 6. The average Bonchev–Trinajstić information content (AvgIpc) is 2.62. The number of benzene rings is 1. The summed E-state index contributed by atoms with van der Waals surface area (Å²) in [5.41, 5.74) is -0.314. The van der Waals surface area contributed by atoms with Gasteiger partial charge in [-0.1, -0.05) is 23.7 Å².